The van der Waals surface area contributed by atoms with Crippen LogP contribution in [0.15, 0.2) is 48.0 Å². The van der Waals surface area contributed by atoms with E-state index in [0.29, 0.717) is 5.69 Å². The smallest absolute Gasteiger partial charge is 0.337 e. The molecule has 0 radical (unpaired) electrons. The van der Waals surface area contributed by atoms with Gasteiger partial charge in [-0.25, -0.2) is 4.79 Å². The minimum atomic E-state index is -0.923. The Morgan fingerprint density at radius 2 is 1.78 bits per heavy atom. The number of allylic oxidation sites excluding steroid dienone is 2. The molecule has 1 aliphatic heterocycles. The third-order valence-electron chi connectivity index (χ3n) is 4.10. The van der Waals surface area contributed by atoms with E-state index in [0.717, 1.165) is 29.0 Å². The van der Waals surface area contributed by atoms with Crippen LogP contribution in [0, 0.1) is 0 Å². The number of carboxylic acids is 1. The topological polar surface area (TPSA) is 52.6 Å². The molecule has 0 aliphatic carbocycles. The molecule has 1 heterocycles. The third kappa shape index (κ3) is 2.68. The number of benzene rings is 2. The van der Waals surface area contributed by atoms with E-state index in [-0.39, 0.29) is 5.56 Å². The van der Waals surface area contributed by atoms with Crippen LogP contribution in [0.1, 0.15) is 29.8 Å². The number of carbonyl (C=O) groups is 1. The van der Waals surface area contributed by atoms with Crippen molar-refractivity contribution in [2.45, 2.75) is 20.3 Å². The van der Waals surface area contributed by atoms with Gasteiger partial charge in [-0.05, 0) is 44.0 Å². The number of aromatic carboxylic acids is 1. The molecule has 2 aromatic rings. The summed E-state index contributed by atoms with van der Waals surface area (Å²) in [5.74, 6) is -0.923. The first kappa shape index (κ1) is 15.2. The van der Waals surface area contributed by atoms with Crippen molar-refractivity contribution in [2.24, 2.45) is 0 Å². The molecule has 118 valence electrons. The van der Waals surface area contributed by atoms with Gasteiger partial charge in [-0.1, -0.05) is 29.8 Å². The van der Waals surface area contributed by atoms with Crippen molar-refractivity contribution in [3.8, 4) is 0 Å². The Kier molecular flexibility index (Phi) is 3.82. The highest BCUT2D eigenvalue weighted by Crippen LogP contribution is 2.45. The normalized spacial score (nSPS) is 12.0. The fourth-order valence-electron chi connectivity index (χ4n) is 2.88. The van der Waals surface area contributed by atoms with Crippen LogP contribution in [0.2, 0.25) is 0 Å². The van der Waals surface area contributed by atoms with Crippen molar-refractivity contribution in [3.05, 3.63) is 59.2 Å². The van der Waals surface area contributed by atoms with Crippen molar-refractivity contribution in [2.75, 3.05) is 17.3 Å². The second-order valence-electron chi connectivity index (χ2n) is 5.99. The molecule has 2 N–H and O–H groups in total. The maximum atomic E-state index is 11.5. The summed E-state index contributed by atoms with van der Waals surface area (Å²) >= 11 is 0. The van der Waals surface area contributed by atoms with Crippen LogP contribution in [-0.4, -0.2) is 18.1 Å². The second-order valence-corrected chi connectivity index (χ2v) is 5.99. The van der Waals surface area contributed by atoms with Gasteiger partial charge in [0.25, 0.3) is 0 Å². The molecule has 3 rings (SSSR count). The van der Waals surface area contributed by atoms with E-state index in [1.807, 2.05) is 30.1 Å². The Labute approximate surface area is 136 Å². The van der Waals surface area contributed by atoms with Gasteiger partial charge >= 0.3 is 5.97 Å². The molecule has 4 heteroatoms. The van der Waals surface area contributed by atoms with Gasteiger partial charge in [-0.15, -0.1) is 0 Å². The van der Waals surface area contributed by atoms with Crippen LogP contribution in [0.3, 0.4) is 0 Å². The van der Waals surface area contributed by atoms with E-state index >= 15 is 0 Å². The van der Waals surface area contributed by atoms with Gasteiger partial charge in [0.15, 0.2) is 0 Å². The predicted molar refractivity (Wildman–Crippen MR) is 94.3 cm³/mol. The summed E-state index contributed by atoms with van der Waals surface area (Å²) < 4.78 is 0. The third-order valence-corrected chi connectivity index (χ3v) is 4.10. The number of fused-ring (bicyclic) bond motifs is 2. The molecule has 0 unspecified atom stereocenters. The molecule has 0 aromatic heterocycles. The zero-order valence-corrected chi connectivity index (χ0v) is 13.6. The molecule has 4 nitrogen and oxygen atoms in total. The van der Waals surface area contributed by atoms with E-state index in [1.165, 1.54) is 5.57 Å². The molecule has 0 fully saturated rings. The maximum Gasteiger partial charge on any atom is 0.337 e. The lowest BCUT2D eigenvalue weighted by Crippen LogP contribution is -2.20. The number of rotatable bonds is 3. The number of para-hydroxylation sites is 2. The molecule has 23 heavy (non-hydrogen) atoms. The Bertz CT molecular complexity index is 805. The monoisotopic (exact) mass is 308 g/mol. The quantitative estimate of drug-likeness (QED) is 0.806. The Hall–Kier alpha value is -2.75. The lowest BCUT2D eigenvalue weighted by Gasteiger charge is -2.33. The summed E-state index contributed by atoms with van der Waals surface area (Å²) in [5.41, 5.74) is 6.27. The van der Waals surface area contributed by atoms with Crippen LogP contribution in [0.5, 0.6) is 0 Å². The summed E-state index contributed by atoms with van der Waals surface area (Å²) in [4.78, 5) is 13.6. The zero-order chi connectivity index (χ0) is 16.6. The highest BCUT2D eigenvalue weighted by molar-refractivity contribution is 6.04. The molecule has 0 spiro atoms. The lowest BCUT2D eigenvalue weighted by molar-refractivity contribution is 0.0698. The SMILES string of the molecule is CC(C)=CCc1cccc2c1Nc1c(C(=O)O)cccc1N2C. The minimum Gasteiger partial charge on any atom is -0.478 e. The summed E-state index contributed by atoms with van der Waals surface area (Å²) in [5, 5.41) is 12.8. The average Bonchev–Trinajstić information content (AvgIpc) is 2.52. The Morgan fingerprint density at radius 1 is 1.13 bits per heavy atom. The summed E-state index contributed by atoms with van der Waals surface area (Å²) in [6.45, 7) is 4.15. The van der Waals surface area contributed by atoms with Crippen molar-refractivity contribution < 1.29 is 9.90 Å². The molecular formula is C19H20N2O2. The fourth-order valence-corrected chi connectivity index (χ4v) is 2.88. The van der Waals surface area contributed by atoms with Gasteiger partial charge in [0.05, 0.1) is 28.3 Å². The Balaban J connectivity index is 2.13. The molecule has 2 aromatic carbocycles. The molecule has 0 saturated carbocycles. The number of hydrogen-bond acceptors (Lipinski definition) is 3. The predicted octanol–water partition coefficient (Wildman–Crippen LogP) is 4.72. The van der Waals surface area contributed by atoms with Gasteiger partial charge < -0.3 is 15.3 Å². The molecule has 1 aliphatic rings. The van der Waals surface area contributed by atoms with Crippen LogP contribution < -0.4 is 10.2 Å². The molecule has 0 saturated heterocycles. The first-order chi connectivity index (χ1) is 11.0. The van der Waals surface area contributed by atoms with Gasteiger partial charge in [-0.2, -0.15) is 0 Å². The van der Waals surface area contributed by atoms with E-state index in [9.17, 15) is 9.90 Å². The van der Waals surface area contributed by atoms with Crippen LogP contribution in [-0.2, 0) is 6.42 Å². The average molecular weight is 308 g/mol. The van der Waals surface area contributed by atoms with E-state index in [2.05, 4.69) is 31.3 Å². The van der Waals surface area contributed by atoms with Gasteiger partial charge in [0.1, 0.15) is 0 Å². The standard InChI is InChI=1S/C19H20N2O2/c1-12(2)10-11-13-6-4-8-15-17(13)20-18-14(19(22)23)7-5-9-16(18)21(15)3/h4-10,20H,11H2,1-3H3,(H,22,23). The number of nitrogens with zero attached hydrogens (tertiary/aromatic N) is 1. The molecule has 0 amide bonds. The first-order valence-corrected chi connectivity index (χ1v) is 7.61. The number of anilines is 4. The van der Waals surface area contributed by atoms with Crippen molar-refractivity contribution in [1.29, 1.82) is 0 Å². The maximum absolute atomic E-state index is 11.5. The highest BCUT2D eigenvalue weighted by atomic mass is 16.4. The van der Waals surface area contributed by atoms with Crippen molar-refractivity contribution >= 4 is 28.7 Å². The van der Waals surface area contributed by atoms with E-state index in [1.54, 1.807) is 12.1 Å². The van der Waals surface area contributed by atoms with Crippen LogP contribution in [0.4, 0.5) is 22.7 Å². The van der Waals surface area contributed by atoms with Crippen LogP contribution in [0.25, 0.3) is 0 Å². The minimum absolute atomic E-state index is 0.289. The van der Waals surface area contributed by atoms with Gasteiger partial charge in [-0.3, -0.25) is 0 Å². The zero-order valence-electron chi connectivity index (χ0n) is 13.6. The first-order valence-electron chi connectivity index (χ1n) is 7.61. The summed E-state index contributed by atoms with van der Waals surface area (Å²) in [6, 6.07) is 11.5. The molecular weight excluding hydrogens is 288 g/mol. The summed E-state index contributed by atoms with van der Waals surface area (Å²) in [6.07, 6.45) is 2.99. The number of carboxylic acid groups (broad SMARTS) is 1. The second kappa shape index (κ2) is 5.80. The molecule has 0 bridgehead atoms. The fraction of sp³-hybridized carbons (Fsp3) is 0.211. The number of nitrogens with one attached hydrogen (secondary N) is 1. The molecule has 0 atom stereocenters. The Morgan fingerprint density at radius 3 is 2.43 bits per heavy atom. The largest absolute Gasteiger partial charge is 0.478 e. The highest BCUT2D eigenvalue weighted by Gasteiger charge is 2.25. The van der Waals surface area contributed by atoms with Gasteiger partial charge in [0, 0.05) is 7.05 Å². The van der Waals surface area contributed by atoms with E-state index in [4.69, 9.17) is 0 Å². The van der Waals surface area contributed by atoms with Gasteiger partial charge in [0.2, 0.25) is 0 Å². The van der Waals surface area contributed by atoms with Crippen LogP contribution >= 0.6 is 0 Å². The number of hydrogen-bond donors (Lipinski definition) is 2. The van der Waals surface area contributed by atoms with Crippen molar-refractivity contribution in [3.63, 3.8) is 0 Å². The van der Waals surface area contributed by atoms with E-state index < -0.39 is 5.97 Å². The van der Waals surface area contributed by atoms with Crippen molar-refractivity contribution in [1.82, 2.24) is 0 Å². The summed E-state index contributed by atoms with van der Waals surface area (Å²) in [7, 11) is 1.97. The lowest BCUT2D eigenvalue weighted by atomic mass is 10.0.